The highest BCUT2D eigenvalue weighted by molar-refractivity contribution is 5.78. The van der Waals surface area contributed by atoms with Gasteiger partial charge in [0, 0.05) is 37.7 Å². The third-order valence-electron chi connectivity index (χ3n) is 4.25. The van der Waals surface area contributed by atoms with Gasteiger partial charge in [-0.1, -0.05) is 24.3 Å². The summed E-state index contributed by atoms with van der Waals surface area (Å²) in [6, 6.07) is 12.2. The van der Waals surface area contributed by atoms with Crippen molar-refractivity contribution in [3.8, 4) is 0 Å². The van der Waals surface area contributed by atoms with Crippen molar-refractivity contribution in [2.24, 2.45) is 0 Å². The summed E-state index contributed by atoms with van der Waals surface area (Å²) in [6.07, 6.45) is 7.65. The van der Waals surface area contributed by atoms with Gasteiger partial charge in [-0.05, 0) is 42.5 Å². The molecule has 0 aliphatic carbocycles. The van der Waals surface area contributed by atoms with Gasteiger partial charge in [0.25, 0.3) is 0 Å². The molecular formula is C19H23N3O. The standard InChI is InChI=1S/C19H23N3O/c23-19(13-16-7-6-10-20-14-16)21-15-17-8-2-3-9-18(17)22-11-4-1-5-12-22/h2-3,6-10,14H,1,4-5,11-13,15H2,(H,21,23). The molecule has 0 atom stereocenters. The van der Waals surface area contributed by atoms with Crippen LogP contribution in [-0.2, 0) is 17.8 Å². The minimum Gasteiger partial charge on any atom is -0.371 e. The molecule has 1 N–H and O–H groups in total. The van der Waals surface area contributed by atoms with Crippen LogP contribution in [0.15, 0.2) is 48.8 Å². The molecule has 4 heteroatoms. The van der Waals surface area contributed by atoms with Crippen molar-refractivity contribution in [2.45, 2.75) is 32.2 Å². The van der Waals surface area contributed by atoms with E-state index in [1.165, 1.54) is 30.5 Å². The van der Waals surface area contributed by atoms with Crippen molar-refractivity contribution in [3.63, 3.8) is 0 Å². The maximum absolute atomic E-state index is 12.1. The number of amides is 1. The number of carbonyl (C=O) groups is 1. The summed E-state index contributed by atoms with van der Waals surface area (Å²) in [7, 11) is 0. The van der Waals surface area contributed by atoms with Crippen LogP contribution in [0.25, 0.3) is 0 Å². The third kappa shape index (κ3) is 4.31. The van der Waals surface area contributed by atoms with E-state index in [-0.39, 0.29) is 5.91 Å². The first-order valence-electron chi connectivity index (χ1n) is 8.31. The maximum Gasteiger partial charge on any atom is 0.224 e. The van der Waals surface area contributed by atoms with E-state index in [0.29, 0.717) is 13.0 Å². The number of hydrogen-bond donors (Lipinski definition) is 1. The smallest absolute Gasteiger partial charge is 0.224 e. The van der Waals surface area contributed by atoms with Gasteiger partial charge >= 0.3 is 0 Å². The molecule has 0 unspecified atom stereocenters. The van der Waals surface area contributed by atoms with Crippen LogP contribution in [-0.4, -0.2) is 24.0 Å². The number of rotatable bonds is 5. The maximum atomic E-state index is 12.1. The average Bonchev–Trinajstić information content (AvgIpc) is 2.62. The van der Waals surface area contributed by atoms with Crippen LogP contribution in [0.3, 0.4) is 0 Å². The molecular weight excluding hydrogens is 286 g/mol. The monoisotopic (exact) mass is 309 g/mol. The van der Waals surface area contributed by atoms with Crippen LogP contribution >= 0.6 is 0 Å². The summed E-state index contributed by atoms with van der Waals surface area (Å²) in [5, 5.41) is 3.03. The number of benzene rings is 1. The lowest BCUT2D eigenvalue weighted by molar-refractivity contribution is -0.120. The number of carbonyl (C=O) groups excluding carboxylic acids is 1. The number of pyridine rings is 1. The number of nitrogens with one attached hydrogen (secondary N) is 1. The van der Waals surface area contributed by atoms with E-state index < -0.39 is 0 Å². The molecule has 4 nitrogen and oxygen atoms in total. The normalized spacial score (nSPS) is 14.5. The molecule has 1 aliphatic rings. The molecule has 1 saturated heterocycles. The zero-order chi connectivity index (χ0) is 15.9. The van der Waals surface area contributed by atoms with Gasteiger partial charge in [0.1, 0.15) is 0 Å². The molecule has 2 aromatic rings. The zero-order valence-electron chi connectivity index (χ0n) is 13.4. The van der Waals surface area contributed by atoms with Gasteiger partial charge in [-0.3, -0.25) is 9.78 Å². The van der Waals surface area contributed by atoms with Crippen molar-refractivity contribution < 1.29 is 4.79 Å². The quantitative estimate of drug-likeness (QED) is 0.923. The molecule has 1 aromatic carbocycles. The molecule has 3 rings (SSSR count). The Morgan fingerprint density at radius 1 is 1.09 bits per heavy atom. The molecule has 0 spiro atoms. The van der Waals surface area contributed by atoms with Crippen LogP contribution < -0.4 is 10.2 Å². The number of anilines is 1. The van der Waals surface area contributed by atoms with E-state index >= 15 is 0 Å². The fourth-order valence-corrected chi connectivity index (χ4v) is 3.05. The fourth-order valence-electron chi connectivity index (χ4n) is 3.05. The first-order valence-corrected chi connectivity index (χ1v) is 8.31. The van der Waals surface area contributed by atoms with Gasteiger partial charge in [-0.15, -0.1) is 0 Å². The molecule has 0 bridgehead atoms. The molecule has 0 saturated carbocycles. The van der Waals surface area contributed by atoms with E-state index in [9.17, 15) is 4.79 Å². The first-order chi connectivity index (χ1) is 11.3. The van der Waals surface area contributed by atoms with Gasteiger partial charge in [0.15, 0.2) is 0 Å². The number of aromatic nitrogens is 1. The lowest BCUT2D eigenvalue weighted by Crippen LogP contribution is -2.31. The van der Waals surface area contributed by atoms with Crippen LogP contribution in [0.2, 0.25) is 0 Å². The Morgan fingerprint density at radius 3 is 2.70 bits per heavy atom. The predicted octanol–water partition coefficient (Wildman–Crippen LogP) is 2.93. The summed E-state index contributed by atoms with van der Waals surface area (Å²) in [5.41, 5.74) is 3.39. The number of para-hydroxylation sites is 1. The Kier molecular flexibility index (Phi) is 5.25. The Bertz CT molecular complexity index is 636. The second-order valence-corrected chi connectivity index (χ2v) is 5.99. The molecule has 0 radical (unpaired) electrons. The Labute approximate surface area is 137 Å². The Hall–Kier alpha value is -2.36. The highest BCUT2D eigenvalue weighted by Crippen LogP contribution is 2.23. The van der Waals surface area contributed by atoms with Crippen LogP contribution in [0.1, 0.15) is 30.4 Å². The van der Waals surface area contributed by atoms with E-state index in [4.69, 9.17) is 0 Å². The van der Waals surface area contributed by atoms with Crippen molar-refractivity contribution in [2.75, 3.05) is 18.0 Å². The van der Waals surface area contributed by atoms with Crippen molar-refractivity contribution in [3.05, 3.63) is 59.9 Å². The Morgan fingerprint density at radius 2 is 1.91 bits per heavy atom. The number of nitrogens with zero attached hydrogens (tertiary/aromatic N) is 2. The van der Waals surface area contributed by atoms with Gasteiger partial charge in [0.05, 0.1) is 6.42 Å². The second-order valence-electron chi connectivity index (χ2n) is 5.99. The summed E-state index contributed by atoms with van der Waals surface area (Å²) in [5.74, 6) is 0.0337. The summed E-state index contributed by atoms with van der Waals surface area (Å²) in [4.78, 5) is 18.6. The van der Waals surface area contributed by atoms with Crippen LogP contribution in [0.5, 0.6) is 0 Å². The Balaban J connectivity index is 1.60. The van der Waals surface area contributed by atoms with Crippen molar-refractivity contribution in [1.29, 1.82) is 0 Å². The second kappa shape index (κ2) is 7.77. The number of piperidine rings is 1. The van der Waals surface area contributed by atoms with E-state index in [1.807, 2.05) is 18.2 Å². The summed E-state index contributed by atoms with van der Waals surface area (Å²) < 4.78 is 0. The topological polar surface area (TPSA) is 45.2 Å². The minimum absolute atomic E-state index is 0.0337. The van der Waals surface area contributed by atoms with Gasteiger partial charge in [-0.2, -0.15) is 0 Å². The van der Waals surface area contributed by atoms with Crippen LogP contribution in [0, 0.1) is 0 Å². The van der Waals surface area contributed by atoms with Crippen molar-refractivity contribution >= 4 is 11.6 Å². The highest BCUT2D eigenvalue weighted by atomic mass is 16.1. The summed E-state index contributed by atoms with van der Waals surface area (Å²) >= 11 is 0. The molecule has 23 heavy (non-hydrogen) atoms. The fraction of sp³-hybridized carbons (Fsp3) is 0.368. The molecule has 120 valence electrons. The first kappa shape index (κ1) is 15.5. The predicted molar refractivity (Wildman–Crippen MR) is 92.3 cm³/mol. The molecule has 1 aliphatic heterocycles. The van der Waals surface area contributed by atoms with E-state index in [1.54, 1.807) is 12.4 Å². The van der Waals surface area contributed by atoms with E-state index in [0.717, 1.165) is 18.7 Å². The lowest BCUT2D eigenvalue weighted by atomic mass is 10.1. The largest absolute Gasteiger partial charge is 0.371 e. The average molecular weight is 309 g/mol. The van der Waals surface area contributed by atoms with Crippen molar-refractivity contribution in [1.82, 2.24) is 10.3 Å². The summed E-state index contributed by atoms with van der Waals surface area (Å²) in [6.45, 7) is 2.80. The molecule has 1 aromatic heterocycles. The van der Waals surface area contributed by atoms with E-state index in [2.05, 4.69) is 33.4 Å². The highest BCUT2D eigenvalue weighted by Gasteiger charge is 2.14. The molecule has 1 fully saturated rings. The molecule has 1 amide bonds. The minimum atomic E-state index is 0.0337. The SMILES string of the molecule is O=C(Cc1cccnc1)NCc1ccccc1N1CCCCC1. The molecule has 2 heterocycles. The van der Waals surface area contributed by atoms with Gasteiger partial charge in [-0.25, -0.2) is 0 Å². The van der Waals surface area contributed by atoms with Crippen LogP contribution in [0.4, 0.5) is 5.69 Å². The zero-order valence-corrected chi connectivity index (χ0v) is 13.4. The third-order valence-corrected chi connectivity index (χ3v) is 4.25. The lowest BCUT2D eigenvalue weighted by Gasteiger charge is -2.30. The number of hydrogen-bond acceptors (Lipinski definition) is 3. The van der Waals surface area contributed by atoms with Gasteiger partial charge < -0.3 is 10.2 Å². The van der Waals surface area contributed by atoms with Gasteiger partial charge in [0.2, 0.25) is 5.91 Å².